The smallest absolute Gasteiger partial charge is 0.309 e. The van der Waals surface area contributed by atoms with Crippen LogP contribution in [0.1, 0.15) is 39.7 Å². The van der Waals surface area contributed by atoms with Gasteiger partial charge in [0.15, 0.2) is 5.78 Å². The van der Waals surface area contributed by atoms with E-state index < -0.39 is 0 Å². The summed E-state index contributed by atoms with van der Waals surface area (Å²) in [5.41, 5.74) is 8.32. The van der Waals surface area contributed by atoms with Crippen molar-refractivity contribution < 1.29 is 19.1 Å². The number of hydrogen-bond acceptors (Lipinski definition) is 6. The minimum absolute atomic E-state index is 0.0766. The molecular weight excluding hydrogens is 338 g/mol. The van der Waals surface area contributed by atoms with E-state index in [0.717, 1.165) is 10.4 Å². The summed E-state index contributed by atoms with van der Waals surface area (Å²) in [5.74, 6) is 0.318. The molecule has 0 amide bonds. The van der Waals surface area contributed by atoms with Crippen LogP contribution in [0.25, 0.3) is 0 Å². The summed E-state index contributed by atoms with van der Waals surface area (Å²) in [6, 6.07) is 7.02. The maximum Gasteiger partial charge on any atom is 0.309 e. The lowest BCUT2D eigenvalue weighted by Gasteiger charge is -2.21. The summed E-state index contributed by atoms with van der Waals surface area (Å²) in [4.78, 5) is 25.9. The third kappa shape index (κ3) is 3.39. The Morgan fingerprint density at radius 3 is 2.64 bits per heavy atom. The number of methoxy groups -OCH3 is 1. The van der Waals surface area contributed by atoms with Gasteiger partial charge in [-0.25, -0.2) is 0 Å². The van der Waals surface area contributed by atoms with Gasteiger partial charge >= 0.3 is 5.97 Å². The van der Waals surface area contributed by atoms with Gasteiger partial charge in [-0.3, -0.25) is 9.59 Å². The molecule has 1 aromatic carbocycles. The van der Waals surface area contributed by atoms with Crippen molar-refractivity contribution >= 4 is 28.1 Å². The molecule has 3 rings (SSSR count). The highest BCUT2D eigenvalue weighted by Crippen LogP contribution is 2.39. The van der Waals surface area contributed by atoms with Crippen molar-refractivity contribution in [3.63, 3.8) is 0 Å². The third-order valence-corrected chi connectivity index (χ3v) is 5.58. The molecule has 132 valence electrons. The third-order valence-electron chi connectivity index (χ3n) is 4.49. The van der Waals surface area contributed by atoms with Gasteiger partial charge in [-0.2, -0.15) is 0 Å². The Kier molecular flexibility index (Phi) is 5.08. The van der Waals surface area contributed by atoms with E-state index in [1.807, 2.05) is 0 Å². The maximum absolute atomic E-state index is 12.9. The van der Waals surface area contributed by atoms with Gasteiger partial charge in [0.25, 0.3) is 0 Å². The van der Waals surface area contributed by atoms with Crippen molar-refractivity contribution in [2.45, 2.75) is 26.2 Å². The first kappa shape index (κ1) is 17.5. The van der Waals surface area contributed by atoms with Crippen molar-refractivity contribution in [1.82, 2.24) is 0 Å². The highest BCUT2D eigenvalue weighted by atomic mass is 32.1. The van der Waals surface area contributed by atoms with Crippen LogP contribution in [0.3, 0.4) is 0 Å². The molecule has 0 saturated carbocycles. The average Bonchev–Trinajstić information content (AvgIpc) is 2.96. The quantitative estimate of drug-likeness (QED) is 0.655. The zero-order valence-corrected chi connectivity index (χ0v) is 15.2. The lowest BCUT2D eigenvalue weighted by Crippen LogP contribution is -2.24. The number of rotatable bonds is 5. The molecule has 1 heterocycles. The molecule has 0 radical (unpaired) electrons. The van der Waals surface area contributed by atoms with Gasteiger partial charge in [0.1, 0.15) is 5.75 Å². The Balaban J connectivity index is 1.87. The van der Waals surface area contributed by atoms with E-state index in [4.69, 9.17) is 15.2 Å². The zero-order valence-electron chi connectivity index (χ0n) is 14.3. The SMILES string of the molecule is CCOC(=O)C1CCc2c(sc(N)c2C(=O)c2ccc(OC)cc2)C1. The number of fused-ring (bicyclic) bond motifs is 1. The van der Waals surface area contributed by atoms with Gasteiger partial charge in [-0.05, 0) is 56.0 Å². The molecule has 2 aromatic rings. The normalized spacial score (nSPS) is 16.2. The van der Waals surface area contributed by atoms with E-state index in [9.17, 15) is 9.59 Å². The second kappa shape index (κ2) is 7.27. The molecule has 5 nitrogen and oxygen atoms in total. The van der Waals surface area contributed by atoms with Crippen LogP contribution in [0.15, 0.2) is 24.3 Å². The fourth-order valence-electron chi connectivity index (χ4n) is 3.20. The van der Waals surface area contributed by atoms with Crippen molar-refractivity contribution in [3.05, 3.63) is 45.8 Å². The van der Waals surface area contributed by atoms with Crippen molar-refractivity contribution in [2.75, 3.05) is 19.5 Å². The number of carbonyl (C=O) groups excluding carboxylic acids is 2. The van der Waals surface area contributed by atoms with E-state index in [1.54, 1.807) is 38.3 Å². The first-order valence-electron chi connectivity index (χ1n) is 8.30. The Bertz CT molecular complexity index is 795. The number of nitrogen functional groups attached to an aromatic ring is 1. The van der Waals surface area contributed by atoms with Crippen LogP contribution in [-0.4, -0.2) is 25.5 Å². The van der Waals surface area contributed by atoms with Gasteiger partial charge in [-0.15, -0.1) is 11.3 Å². The summed E-state index contributed by atoms with van der Waals surface area (Å²) in [7, 11) is 1.59. The van der Waals surface area contributed by atoms with Gasteiger partial charge in [0.2, 0.25) is 0 Å². The number of anilines is 1. The fourth-order valence-corrected chi connectivity index (χ4v) is 4.40. The summed E-state index contributed by atoms with van der Waals surface area (Å²) in [6.45, 7) is 2.19. The van der Waals surface area contributed by atoms with Gasteiger partial charge < -0.3 is 15.2 Å². The van der Waals surface area contributed by atoms with E-state index >= 15 is 0 Å². The highest BCUT2D eigenvalue weighted by Gasteiger charge is 2.32. The Labute approximate surface area is 150 Å². The summed E-state index contributed by atoms with van der Waals surface area (Å²) in [6.07, 6.45) is 1.95. The largest absolute Gasteiger partial charge is 0.497 e. The van der Waals surface area contributed by atoms with Crippen LogP contribution < -0.4 is 10.5 Å². The first-order valence-corrected chi connectivity index (χ1v) is 9.12. The molecule has 1 atom stereocenters. The molecule has 2 N–H and O–H groups in total. The number of hydrogen-bond donors (Lipinski definition) is 1. The van der Waals surface area contributed by atoms with Crippen LogP contribution in [0.4, 0.5) is 5.00 Å². The predicted octanol–water partition coefficient (Wildman–Crippen LogP) is 3.24. The van der Waals surface area contributed by atoms with Gasteiger partial charge in [0, 0.05) is 10.4 Å². The second-order valence-corrected chi connectivity index (χ2v) is 7.13. The van der Waals surface area contributed by atoms with Crippen molar-refractivity contribution in [1.29, 1.82) is 0 Å². The Morgan fingerprint density at radius 1 is 1.28 bits per heavy atom. The van der Waals surface area contributed by atoms with Crippen molar-refractivity contribution in [3.8, 4) is 5.75 Å². The standard InChI is InChI=1S/C19H21NO4S/c1-3-24-19(22)12-6-9-14-15(10-12)25-18(20)16(14)17(21)11-4-7-13(23-2)8-5-11/h4-5,7-8,12H,3,6,9-10,20H2,1-2H3. The second-order valence-electron chi connectivity index (χ2n) is 5.99. The molecule has 0 spiro atoms. The molecule has 1 unspecified atom stereocenters. The average molecular weight is 359 g/mol. The maximum atomic E-state index is 12.9. The van der Waals surface area contributed by atoms with Crippen molar-refractivity contribution in [2.24, 2.45) is 5.92 Å². The van der Waals surface area contributed by atoms with E-state index in [-0.39, 0.29) is 17.7 Å². The highest BCUT2D eigenvalue weighted by molar-refractivity contribution is 7.16. The fraction of sp³-hybridized carbons (Fsp3) is 0.368. The number of nitrogens with two attached hydrogens (primary N) is 1. The van der Waals surface area contributed by atoms with E-state index in [1.165, 1.54) is 11.3 Å². The lowest BCUT2D eigenvalue weighted by atomic mass is 9.85. The molecule has 1 aliphatic rings. The number of thiophene rings is 1. The van der Waals surface area contributed by atoms with Crippen LogP contribution >= 0.6 is 11.3 Å². The van der Waals surface area contributed by atoms with E-state index in [0.29, 0.717) is 47.7 Å². The molecule has 1 aliphatic carbocycles. The molecule has 25 heavy (non-hydrogen) atoms. The number of esters is 1. The monoisotopic (exact) mass is 359 g/mol. The molecule has 6 heteroatoms. The van der Waals surface area contributed by atoms with E-state index in [2.05, 4.69) is 0 Å². The lowest BCUT2D eigenvalue weighted by molar-refractivity contribution is -0.148. The summed E-state index contributed by atoms with van der Waals surface area (Å²) >= 11 is 1.41. The van der Waals surface area contributed by atoms with Crippen LogP contribution in [0.5, 0.6) is 5.75 Å². The number of carbonyl (C=O) groups is 2. The summed E-state index contributed by atoms with van der Waals surface area (Å²) < 4.78 is 10.3. The summed E-state index contributed by atoms with van der Waals surface area (Å²) in [5, 5.41) is 0.523. The van der Waals surface area contributed by atoms with Gasteiger partial charge in [0.05, 0.1) is 30.2 Å². The predicted molar refractivity (Wildman–Crippen MR) is 97.3 cm³/mol. The van der Waals surface area contributed by atoms with Crippen LogP contribution in [-0.2, 0) is 22.4 Å². The molecule has 0 saturated heterocycles. The van der Waals surface area contributed by atoms with Crippen LogP contribution in [0.2, 0.25) is 0 Å². The zero-order chi connectivity index (χ0) is 18.0. The Hall–Kier alpha value is -2.34. The molecular formula is C19H21NO4S. The molecule has 1 aromatic heterocycles. The number of ether oxygens (including phenoxy) is 2. The minimum atomic E-state index is -0.164. The molecule has 0 fully saturated rings. The molecule has 0 bridgehead atoms. The Morgan fingerprint density at radius 2 is 2.00 bits per heavy atom. The number of ketones is 1. The van der Waals surface area contributed by atoms with Crippen LogP contribution in [0, 0.1) is 5.92 Å². The topological polar surface area (TPSA) is 78.6 Å². The first-order chi connectivity index (χ1) is 12.0. The minimum Gasteiger partial charge on any atom is -0.497 e. The molecule has 0 aliphatic heterocycles. The van der Waals surface area contributed by atoms with Gasteiger partial charge in [-0.1, -0.05) is 0 Å². The number of benzene rings is 1.